The lowest BCUT2D eigenvalue weighted by atomic mass is 10.1. The van der Waals surface area contributed by atoms with Crippen molar-refractivity contribution in [3.05, 3.63) is 0 Å². The molecule has 0 amide bonds. The minimum absolute atomic E-state index is 0.0672. The number of methoxy groups -OCH3 is 1. The van der Waals surface area contributed by atoms with E-state index in [0.29, 0.717) is 26.4 Å². The monoisotopic (exact) mass is 304 g/mol. The topological polar surface area (TPSA) is 47.9 Å². The van der Waals surface area contributed by atoms with Gasteiger partial charge in [-0.1, -0.05) is 13.3 Å². The number of nitrogens with zero attached hydrogens (tertiary/aromatic N) is 1. The summed E-state index contributed by atoms with van der Waals surface area (Å²) in [5.74, 6) is 0. The summed E-state index contributed by atoms with van der Waals surface area (Å²) in [6.45, 7) is 8.04. The predicted octanol–water partition coefficient (Wildman–Crippen LogP) is 1.79. The maximum absolute atomic E-state index is 8.65. The van der Waals surface area contributed by atoms with Crippen LogP contribution >= 0.6 is 0 Å². The molecule has 126 valence electrons. The molecule has 0 aliphatic carbocycles. The zero-order valence-electron chi connectivity index (χ0n) is 13.9. The van der Waals surface area contributed by atoms with Crippen LogP contribution in [0.1, 0.15) is 39.0 Å². The van der Waals surface area contributed by atoms with Gasteiger partial charge in [0, 0.05) is 7.11 Å². The van der Waals surface area contributed by atoms with Crippen LogP contribution in [0.25, 0.3) is 0 Å². The van der Waals surface area contributed by atoms with Gasteiger partial charge in [-0.05, 0) is 25.7 Å². The molecule has 1 saturated heterocycles. The molecular weight excluding hydrogens is 270 g/mol. The standard InChI is InChI=1S/C16H34NO4/c1-3-4-8-17(9-6-5-7-10-17)16(19-2)15-21-14-13-20-12-11-18/h16,18H,3-15H2,1-2H3/q+1. The largest absolute Gasteiger partial charge is 0.394 e. The number of hydrogen-bond acceptors (Lipinski definition) is 4. The highest BCUT2D eigenvalue weighted by atomic mass is 16.6. The normalized spacial score (nSPS) is 19.6. The Balaban J connectivity index is 2.40. The fourth-order valence-corrected chi connectivity index (χ4v) is 3.19. The number of quaternary nitrogens is 1. The average Bonchev–Trinajstić information content (AvgIpc) is 2.53. The molecular formula is C16H34NO4+. The Hall–Kier alpha value is -0.200. The summed E-state index contributed by atoms with van der Waals surface area (Å²) in [6.07, 6.45) is 6.55. The Labute approximate surface area is 129 Å². The summed E-state index contributed by atoms with van der Waals surface area (Å²) >= 11 is 0. The molecule has 21 heavy (non-hydrogen) atoms. The van der Waals surface area contributed by atoms with Gasteiger partial charge in [-0.2, -0.15) is 0 Å². The highest BCUT2D eigenvalue weighted by Gasteiger charge is 2.38. The molecule has 5 heteroatoms. The Morgan fingerprint density at radius 2 is 1.76 bits per heavy atom. The third-order valence-corrected chi connectivity index (χ3v) is 4.41. The molecule has 1 N–H and O–H groups in total. The maximum atomic E-state index is 8.65. The second kappa shape index (κ2) is 11.4. The number of hydrogen-bond donors (Lipinski definition) is 1. The van der Waals surface area contributed by atoms with Gasteiger partial charge >= 0.3 is 0 Å². The van der Waals surface area contributed by atoms with Gasteiger partial charge in [-0.25, -0.2) is 0 Å². The lowest BCUT2D eigenvalue weighted by Crippen LogP contribution is -2.60. The third-order valence-electron chi connectivity index (χ3n) is 4.41. The van der Waals surface area contributed by atoms with Crippen LogP contribution in [0.15, 0.2) is 0 Å². The van der Waals surface area contributed by atoms with Crippen molar-refractivity contribution in [2.45, 2.75) is 45.3 Å². The number of aliphatic hydroxyl groups excluding tert-OH is 1. The number of rotatable bonds is 12. The molecule has 1 heterocycles. The van der Waals surface area contributed by atoms with E-state index in [0.717, 1.165) is 4.48 Å². The van der Waals surface area contributed by atoms with E-state index in [1.165, 1.54) is 51.7 Å². The molecule has 0 saturated carbocycles. The van der Waals surface area contributed by atoms with E-state index in [4.69, 9.17) is 19.3 Å². The molecule has 1 unspecified atom stereocenters. The smallest absolute Gasteiger partial charge is 0.216 e. The van der Waals surface area contributed by atoms with Gasteiger partial charge in [0.2, 0.25) is 6.23 Å². The van der Waals surface area contributed by atoms with Crippen LogP contribution in [0.2, 0.25) is 0 Å². The Morgan fingerprint density at radius 1 is 1.05 bits per heavy atom. The van der Waals surface area contributed by atoms with E-state index in [1.54, 1.807) is 7.11 Å². The number of aliphatic hydroxyl groups is 1. The number of piperidine rings is 1. The molecule has 1 rings (SSSR count). The third kappa shape index (κ3) is 6.61. The van der Waals surface area contributed by atoms with Gasteiger partial charge in [0.15, 0.2) is 0 Å². The van der Waals surface area contributed by atoms with Crippen LogP contribution in [0.3, 0.4) is 0 Å². The van der Waals surface area contributed by atoms with Crippen LogP contribution in [-0.4, -0.2) is 75.6 Å². The Kier molecular flexibility index (Phi) is 10.2. The second-order valence-corrected chi connectivity index (χ2v) is 5.90. The first-order chi connectivity index (χ1) is 10.3. The quantitative estimate of drug-likeness (QED) is 0.441. The first kappa shape index (κ1) is 18.8. The molecule has 5 nitrogen and oxygen atoms in total. The molecule has 0 radical (unpaired) electrons. The summed E-state index contributed by atoms with van der Waals surface area (Å²) in [6, 6.07) is 0. The minimum Gasteiger partial charge on any atom is -0.394 e. The number of ether oxygens (including phenoxy) is 3. The van der Waals surface area contributed by atoms with Crippen LogP contribution < -0.4 is 0 Å². The molecule has 1 atom stereocenters. The van der Waals surface area contributed by atoms with Crippen molar-refractivity contribution in [3.63, 3.8) is 0 Å². The van der Waals surface area contributed by atoms with Crippen LogP contribution in [0.4, 0.5) is 0 Å². The average molecular weight is 304 g/mol. The molecule has 1 aliphatic heterocycles. The molecule has 1 aliphatic rings. The Morgan fingerprint density at radius 3 is 2.38 bits per heavy atom. The van der Waals surface area contributed by atoms with E-state index in [9.17, 15) is 0 Å². The lowest BCUT2D eigenvalue weighted by Gasteiger charge is -2.46. The van der Waals surface area contributed by atoms with Crippen molar-refractivity contribution in [2.75, 3.05) is 59.8 Å². The van der Waals surface area contributed by atoms with Crippen LogP contribution in [0.5, 0.6) is 0 Å². The van der Waals surface area contributed by atoms with E-state index in [1.807, 2.05) is 0 Å². The van der Waals surface area contributed by atoms with Gasteiger partial charge < -0.3 is 19.3 Å². The van der Waals surface area contributed by atoms with Gasteiger partial charge in [0.1, 0.15) is 6.61 Å². The molecule has 1 fully saturated rings. The molecule has 0 aromatic heterocycles. The van der Waals surface area contributed by atoms with Crippen molar-refractivity contribution >= 4 is 0 Å². The second-order valence-electron chi connectivity index (χ2n) is 5.90. The van der Waals surface area contributed by atoms with E-state index in [2.05, 4.69) is 6.92 Å². The summed E-state index contributed by atoms with van der Waals surface area (Å²) in [5.41, 5.74) is 0. The minimum atomic E-state index is 0.0672. The van der Waals surface area contributed by atoms with Gasteiger partial charge in [-0.3, -0.25) is 4.48 Å². The molecule has 0 aromatic rings. The van der Waals surface area contributed by atoms with Crippen molar-refractivity contribution in [1.82, 2.24) is 0 Å². The number of likely N-dealkylation sites (tertiary alicyclic amines) is 1. The van der Waals surface area contributed by atoms with Gasteiger partial charge in [0.05, 0.1) is 46.1 Å². The zero-order chi connectivity index (χ0) is 15.4. The maximum Gasteiger partial charge on any atom is 0.216 e. The Bertz CT molecular complexity index is 244. The highest BCUT2D eigenvalue weighted by Crippen LogP contribution is 2.25. The summed E-state index contributed by atoms with van der Waals surface area (Å²) < 4.78 is 17.8. The van der Waals surface area contributed by atoms with Crippen molar-refractivity contribution < 1.29 is 23.8 Å². The molecule has 0 bridgehead atoms. The van der Waals surface area contributed by atoms with Crippen LogP contribution in [0, 0.1) is 0 Å². The SMILES string of the molecule is CCCC[N+]1(C(COCCOCCO)OC)CCCCC1. The highest BCUT2D eigenvalue weighted by molar-refractivity contribution is 4.58. The lowest BCUT2D eigenvalue weighted by molar-refractivity contribution is -0.975. The predicted molar refractivity (Wildman–Crippen MR) is 83.1 cm³/mol. The van der Waals surface area contributed by atoms with Crippen molar-refractivity contribution in [3.8, 4) is 0 Å². The van der Waals surface area contributed by atoms with Crippen molar-refractivity contribution in [1.29, 1.82) is 0 Å². The zero-order valence-corrected chi connectivity index (χ0v) is 13.9. The summed E-state index contributed by atoms with van der Waals surface area (Å²) in [5, 5.41) is 8.65. The fraction of sp³-hybridized carbons (Fsp3) is 1.00. The van der Waals surface area contributed by atoms with E-state index >= 15 is 0 Å². The van der Waals surface area contributed by atoms with E-state index in [-0.39, 0.29) is 12.8 Å². The summed E-state index contributed by atoms with van der Waals surface area (Å²) in [4.78, 5) is 0. The first-order valence-electron chi connectivity index (χ1n) is 8.44. The molecule has 0 spiro atoms. The van der Waals surface area contributed by atoms with Gasteiger partial charge in [-0.15, -0.1) is 0 Å². The molecule has 0 aromatic carbocycles. The summed E-state index contributed by atoms with van der Waals surface area (Å²) in [7, 11) is 1.80. The number of unbranched alkanes of at least 4 members (excludes halogenated alkanes) is 1. The fourth-order valence-electron chi connectivity index (χ4n) is 3.19. The van der Waals surface area contributed by atoms with Crippen molar-refractivity contribution in [2.24, 2.45) is 0 Å². The van der Waals surface area contributed by atoms with Crippen LogP contribution in [-0.2, 0) is 14.2 Å². The first-order valence-corrected chi connectivity index (χ1v) is 8.44. The van der Waals surface area contributed by atoms with E-state index < -0.39 is 0 Å². The van der Waals surface area contributed by atoms with Gasteiger partial charge in [0.25, 0.3) is 0 Å².